The van der Waals surface area contributed by atoms with E-state index in [4.69, 9.17) is 4.74 Å². The van der Waals surface area contributed by atoms with Crippen LogP contribution in [-0.2, 0) is 10.2 Å². The van der Waals surface area contributed by atoms with Gasteiger partial charge in [-0.1, -0.05) is 57.2 Å². The quantitative estimate of drug-likeness (QED) is 0.593. The van der Waals surface area contributed by atoms with E-state index in [0.29, 0.717) is 4.91 Å². The molecule has 0 aromatic heterocycles. The number of rotatable bonds is 5. The molecule has 0 bridgehead atoms. The first-order valence-corrected chi connectivity index (χ1v) is 10.5. The third-order valence-electron chi connectivity index (χ3n) is 4.86. The second kappa shape index (κ2) is 8.46. The molecule has 1 aliphatic rings. The molecule has 0 unspecified atom stereocenters. The van der Waals surface area contributed by atoms with Gasteiger partial charge in [0, 0.05) is 0 Å². The lowest BCUT2D eigenvalue weighted by Gasteiger charge is -2.18. The second-order valence-corrected chi connectivity index (χ2v) is 9.32. The van der Waals surface area contributed by atoms with Gasteiger partial charge in [0.25, 0.3) is 11.1 Å². The van der Waals surface area contributed by atoms with E-state index in [9.17, 15) is 9.59 Å². The van der Waals surface area contributed by atoms with Gasteiger partial charge in [-0.15, -0.1) is 0 Å². The summed E-state index contributed by atoms with van der Waals surface area (Å²) in [6.07, 6.45) is 1.78. The van der Waals surface area contributed by atoms with Gasteiger partial charge in [0.05, 0.1) is 11.4 Å². The fraction of sp³-hybridized carbons (Fsp3) is 0.333. The van der Waals surface area contributed by atoms with Crippen LogP contribution in [0.5, 0.6) is 5.75 Å². The van der Waals surface area contributed by atoms with Gasteiger partial charge < -0.3 is 4.74 Å². The van der Waals surface area contributed by atoms with Crippen LogP contribution in [0.1, 0.15) is 43.0 Å². The number of aryl methyl sites for hydroxylation is 2. The zero-order chi connectivity index (χ0) is 21.2. The van der Waals surface area contributed by atoms with E-state index in [1.807, 2.05) is 44.2 Å². The van der Waals surface area contributed by atoms with Crippen LogP contribution >= 0.6 is 11.8 Å². The molecule has 1 saturated heterocycles. The highest BCUT2D eigenvalue weighted by Crippen LogP contribution is 2.32. The largest absolute Gasteiger partial charge is 0.491 e. The Balaban J connectivity index is 1.64. The highest BCUT2D eigenvalue weighted by molar-refractivity contribution is 8.18. The molecule has 0 aliphatic carbocycles. The Labute approximate surface area is 176 Å². The predicted octanol–water partition coefficient (Wildman–Crippen LogP) is 5.72. The van der Waals surface area contributed by atoms with Crippen LogP contribution in [0.3, 0.4) is 0 Å². The Morgan fingerprint density at radius 1 is 1.03 bits per heavy atom. The minimum atomic E-state index is -0.260. The molecule has 2 aromatic rings. The second-order valence-electron chi connectivity index (χ2n) is 8.32. The van der Waals surface area contributed by atoms with Gasteiger partial charge in [0.2, 0.25) is 0 Å². The van der Waals surface area contributed by atoms with Crippen LogP contribution in [0, 0.1) is 13.8 Å². The molecule has 2 amide bonds. The average Bonchev–Trinajstić information content (AvgIpc) is 2.91. The number of thioether (sulfide) groups is 1. The van der Waals surface area contributed by atoms with Crippen LogP contribution in [-0.4, -0.2) is 29.2 Å². The van der Waals surface area contributed by atoms with E-state index in [0.717, 1.165) is 34.2 Å². The molecule has 0 radical (unpaired) electrons. The molecule has 2 aromatic carbocycles. The highest BCUT2D eigenvalue weighted by atomic mass is 32.2. The number of ether oxygens (including phenoxy) is 1. The van der Waals surface area contributed by atoms with Gasteiger partial charge in [-0.25, -0.2) is 0 Å². The molecule has 1 fully saturated rings. The van der Waals surface area contributed by atoms with Gasteiger partial charge >= 0.3 is 0 Å². The van der Waals surface area contributed by atoms with Crippen LogP contribution in [0.25, 0.3) is 6.08 Å². The maximum Gasteiger partial charge on any atom is 0.293 e. The molecular formula is C24H27NO3S. The fourth-order valence-corrected chi connectivity index (χ4v) is 3.90. The molecule has 0 saturated carbocycles. The van der Waals surface area contributed by atoms with Crippen molar-refractivity contribution in [2.45, 2.75) is 40.0 Å². The zero-order valence-corrected chi connectivity index (χ0v) is 18.4. The highest BCUT2D eigenvalue weighted by Gasteiger charge is 2.34. The Kier molecular flexibility index (Phi) is 6.18. The summed E-state index contributed by atoms with van der Waals surface area (Å²) in [6, 6.07) is 14.1. The van der Waals surface area contributed by atoms with Crippen molar-refractivity contribution >= 4 is 29.0 Å². The van der Waals surface area contributed by atoms with Gasteiger partial charge in [-0.3, -0.25) is 14.5 Å². The summed E-state index contributed by atoms with van der Waals surface area (Å²) in [5, 5.41) is -0.253. The third-order valence-corrected chi connectivity index (χ3v) is 5.77. The number of amides is 2. The SMILES string of the molecule is Cc1ccc(C)c(OCCN2C(=O)S/C(=C\c3ccc(C(C)(C)C)cc3)C2=O)c1. The Morgan fingerprint density at radius 2 is 1.72 bits per heavy atom. The minimum absolute atomic E-state index is 0.0754. The molecule has 0 atom stereocenters. The Morgan fingerprint density at radius 3 is 2.38 bits per heavy atom. The van der Waals surface area contributed by atoms with E-state index in [-0.39, 0.29) is 29.7 Å². The molecule has 1 aliphatic heterocycles. The average molecular weight is 410 g/mol. The van der Waals surface area contributed by atoms with Gasteiger partial charge in [0.15, 0.2) is 0 Å². The lowest BCUT2D eigenvalue weighted by molar-refractivity contribution is -0.123. The first-order valence-electron chi connectivity index (χ1n) is 9.71. The third kappa shape index (κ3) is 5.10. The Bertz CT molecular complexity index is 955. The predicted molar refractivity (Wildman–Crippen MR) is 119 cm³/mol. The van der Waals surface area contributed by atoms with E-state index in [2.05, 4.69) is 32.9 Å². The van der Waals surface area contributed by atoms with Gasteiger partial charge in [0.1, 0.15) is 12.4 Å². The monoisotopic (exact) mass is 409 g/mol. The van der Waals surface area contributed by atoms with E-state index in [1.165, 1.54) is 10.5 Å². The van der Waals surface area contributed by atoms with Crippen molar-refractivity contribution in [3.63, 3.8) is 0 Å². The maximum absolute atomic E-state index is 12.7. The Hall–Kier alpha value is -2.53. The van der Waals surface area contributed by atoms with Crippen LogP contribution in [0.4, 0.5) is 4.79 Å². The lowest BCUT2D eigenvalue weighted by Crippen LogP contribution is -2.32. The molecule has 0 N–H and O–H groups in total. The minimum Gasteiger partial charge on any atom is -0.491 e. The summed E-state index contributed by atoms with van der Waals surface area (Å²) in [5.41, 5.74) is 4.36. The summed E-state index contributed by atoms with van der Waals surface area (Å²) in [7, 11) is 0. The van der Waals surface area contributed by atoms with Crippen LogP contribution in [0.2, 0.25) is 0 Å². The van der Waals surface area contributed by atoms with Crippen molar-refractivity contribution in [1.82, 2.24) is 4.90 Å². The van der Waals surface area contributed by atoms with Crippen molar-refractivity contribution in [3.05, 3.63) is 69.6 Å². The molecule has 3 rings (SSSR count). The van der Waals surface area contributed by atoms with Crippen molar-refractivity contribution in [2.24, 2.45) is 0 Å². The molecule has 0 spiro atoms. The number of nitrogens with zero attached hydrogens (tertiary/aromatic N) is 1. The number of hydrogen-bond acceptors (Lipinski definition) is 4. The van der Waals surface area contributed by atoms with E-state index < -0.39 is 0 Å². The first kappa shape index (κ1) is 21.2. The number of carbonyl (C=O) groups is 2. The number of hydrogen-bond donors (Lipinski definition) is 0. The standard InChI is InChI=1S/C24H27NO3S/c1-16-6-7-17(2)20(14-16)28-13-12-25-22(26)21(29-23(25)27)15-18-8-10-19(11-9-18)24(3,4)5/h6-11,14-15H,12-13H2,1-5H3/b21-15-. The summed E-state index contributed by atoms with van der Waals surface area (Å²) in [4.78, 5) is 26.7. The van der Waals surface area contributed by atoms with Gasteiger partial charge in [-0.2, -0.15) is 0 Å². The number of carbonyl (C=O) groups excluding carboxylic acids is 2. The van der Waals surface area contributed by atoms with E-state index in [1.54, 1.807) is 6.08 Å². The molecule has 5 heteroatoms. The van der Waals surface area contributed by atoms with Crippen molar-refractivity contribution in [1.29, 1.82) is 0 Å². The van der Waals surface area contributed by atoms with E-state index >= 15 is 0 Å². The number of benzene rings is 2. The fourth-order valence-electron chi connectivity index (χ4n) is 3.03. The lowest BCUT2D eigenvalue weighted by atomic mass is 9.87. The molecule has 1 heterocycles. The molecule has 152 valence electrons. The van der Waals surface area contributed by atoms with Crippen molar-refractivity contribution in [3.8, 4) is 5.75 Å². The first-order chi connectivity index (χ1) is 13.6. The maximum atomic E-state index is 12.7. The van der Waals surface area contributed by atoms with Gasteiger partial charge in [-0.05, 0) is 65.4 Å². The molecule has 29 heavy (non-hydrogen) atoms. The zero-order valence-electron chi connectivity index (χ0n) is 17.6. The number of imide groups is 1. The molecular weight excluding hydrogens is 382 g/mol. The van der Waals surface area contributed by atoms with Crippen molar-refractivity contribution in [2.75, 3.05) is 13.2 Å². The summed E-state index contributed by atoms with van der Waals surface area (Å²) in [6.45, 7) is 11.0. The molecule has 4 nitrogen and oxygen atoms in total. The topological polar surface area (TPSA) is 46.6 Å². The normalized spacial score (nSPS) is 16.0. The smallest absolute Gasteiger partial charge is 0.293 e. The summed E-state index contributed by atoms with van der Waals surface area (Å²) < 4.78 is 5.80. The summed E-state index contributed by atoms with van der Waals surface area (Å²) >= 11 is 0.981. The van der Waals surface area contributed by atoms with Crippen LogP contribution < -0.4 is 4.74 Å². The summed E-state index contributed by atoms with van der Waals surface area (Å²) in [5.74, 6) is 0.524. The van der Waals surface area contributed by atoms with Crippen molar-refractivity contribution < 1.29 is 14.3 Å². The van der Waals surface area contributed by atoms with Crippen LogP contribution in [0.15, 0.2) is 47.4 Å².